The molecule has 0 fully saturated rings. The zero-order valence-corrected chi connectivity index (χ0v) is 12.2. The molecule has 1 amide bonds. The molecule has 0 bridgehead atoms. The number of rotatable bonds is 3. The predicted octanol–water partition coefficient (Wildman–Crippen LogP) is 4.41. The van der Waals surface area contributed by atoms with Gasteiger partial charge in [-0.15, -0.1) is 0 Å². The van der Waals surface area contributed by atoms with Gasteiger partial charge in [-0.3, -0.25) is 4.79 Å². The van der Waals surface area contributed by atoms with E-state index in [1.54, 1.807) is 25.1 Å². The molecular weight excluding hydrogens is 256 g/mol. The van der Waals surface area contributed by atoms with Gasteiger partial charge >= 0.3 is 0 Å². The van der Waals surface area contributed by atoms with Gasteiger partial charge in [0.05, 0.1) is 5.56 Å². The lowest BCUT2D eigenvalue weighted by molar-refractivity contribution is 0.102. The third-order valence-electron chi connectivity index (χ3n) is 2.36. The molecule has 2 aromatic rings. The molecule has 19 heavy (non-hydrogen) atoms. The molecule has 2 N–H and O–H groups in total. The Morgan fingerprint density at radius 1 is 1.11 bits per heavy atom. The molecule has 2 rings (SSSR count). The van der Waals surface area contributed by atoms with E-state index in [9.17, 15) is 4.79 Å². The van der Waals surface area contributed by atoms with Crippen molar-refractivity contribution in [2.45, 2.75) is 20.8 Å². The van der Waals surface area contributed by atoms with Gasteiger partial charge in [-0.2, -0.15) is 11.3 Å². The number of amides is 1. The molecule has 0 spiro atoms. The lowest BCUT2D eigenvalue weighted by Gasteiger charge is -2.04. The van der Waals surface area contributed by atoms with Crippen molar-refractivity contribution in [1.29, 1.82) is 5.41 Å². The van der Waals surface area contributed by atoms with Crippen molar-refractivity contribution < 1.29 is 4.79 Å². The highest BCUT2D eigenvalue weighted by atomic mass is 32.1. The Balaban J connectivity index is 0.000000861. The fourth-order valence-electron chi connectivity index (χ4n) is 1.40. The number of carbonyl (C=O) groups excluding carboxylic acids is 1. The van der Waals surface area contributed by atoms with Gasteiger partial charge in [0.1, 0.15) is 0 Å². The number of hydrogen-bond acceptors (Lipinski definition) is 3. The summed E-state index contributed by atoms with van der Waals surface area (Å²) in [4.78, 5) is 11.7. The van der Waals surface area contributed by atoms with Crippen LogP contribution in [0.25, 0.3) is 0 Å². The summed E-state index contributed by atoms with van der Waals surface area (Å²) in [5, 5.41) is 14.0. The Morgan fingerprint density at radius 3 is 2.21 bits per heavy atom. The predicted molar refractivity (Wildman–Crippen MR) is 82.6 cm³/mol. The van der Waals surface area contributed by atoms with Crippen LogP contribution in [0.4, 0.5) is 5.69 Å². The monoisotopic (exact) mass is 274 g/mol. The molecule has 0 radical (unpaired) electrons. The molecule has 0 saturated carbocycles. The summed E-state index contributed by atoms with van der Waals surface area (Å²) in [6.07, 6.45) is 0. The summed E-state index contributed by atoms with van der Waals surface area (Å²) < 4.78 is 0. The van der Waals surface area contributed by atoms with Gasteiger partial charge in [0.25, 0.3) is 5.91 Å². The van der Waals surface area contributed by atoms with Crippen LogP contribution in [0.2, 0.25) is 0 Å². The van der Waals surface area contributed by atoms with E-state index in [4.69, 9.17) is 5.41 Å². The van der Waals surface area contributed by atoms with Crippen molar-refractivity contribution in [3.05, 3.63) is 52.2 Å². The van der Waals surface area contributed by atoms with Gasteiger partial charge in [0.15, 0.2) is 0 Å². The molecule has 3 nitrogen and oxygen atoms in total. The van der Waals surface area contributed by atoms with Crippen LogP contribution in [-0.2, 0) is 0 Å². The molecule has 0 aliphatic heterocycles. The van der Waals surface area contributed by atoms with E-state index in [0.29, 0.717) is 11.3 Å². The minimum Gasteiger partial charge on any atom is -0.322 e. The van der Waals surface area contributed by atoms with Gasteiger partial charge < -0.3 is 10.7 Å². The van der Waals surface area contributed by atoms with Crippen molar-refractivity contribution in [1.82, 2.24) is 0 Å². The van der Waals surface area contributed by atoms with Gasteiger partial charge in [-0.1, -0.05) is 26.0 Å². The first kappa shape index (κ1) is 15.1. The molecule has 0 aliphatic carbocycles. The maximum absolute atomic E-state index is 11.7. The number of hydrogen-bond donors (Lipinski definition) is 2. The second-order valence-corrected chi connectivity index (χ2v) is 4.45. The molecule has 0 atom stereocenters. The molecule has 100 valence electrons. The van der Waals surface area contributed by atoms with Crippen LogP contribution >= 0.6 is 11.3 Å². The molecule has 1 aromatic carbocycles. The van der Waals surface area contributed by atoms with Crippen LogP contribution in [0.3, 0.4) is 0 Å². The van der Waals surface area contributed by atoms with Gasteiger partial charge in [-0.25, -0.2) is 0 Å². The SMILES string of the molecule is CC.CC(=N)c1ccc(NC(=O)c2ccsc2)cc1. The highest BCUT2D eigenvalue weighted by molar-refractivity contribution is 7.08. The highest BCUT2D eigenvalue weighted by Gasteiger charge is 2.05. The number of benzene rings is 1. The van der Waals surface area contributed by atoms with Crippen LogP contribution in [0, 0.1) is 5.41 Å². The van der Waals surface area contributed by atoms with Crippen molar-refractivity contribution in [3.8, 4) is 0 Å². The van der Waals surface area contributed by atoms with Gasteiger partial charge in [0, 0.05) is 16.8 Å². The molecule has 0 unspecified atom stereocenters. The third kappa shape index (κ3) is 4.34. The van der Waals surface area contributed by atoms with E-state index in [2.05, 4.69) is 5.32 Å². The van der Waals surface area contributed by atoms with Crippen LogP contribution in [-0.4, -0.2) is 11.6 Å². The second-order valence-electron chi connectivity index (χ2n) is 3.67. The first-order valence-electron chi connectivity index (χ1n) is 6.16. The summed E-state index contributed by atoms with van der Waals surface area (Å²) in [6, 6.07) is 9.04. The number of anilines is 1. The Morgan fingerprint density at radius 2 is 1.74 bits per heavy atom. The summed E-state index contributed by atoms with van der Waals surface area (Å²) in [5.74, 6) is -0.106. The van der Waals surface area contributed by atoms with Crippen molar-refractivity contribution in [2.24, 2.45) is 0 Å². The second kappa shape index (κ2) is 7.48. The lowest BCUT2D eigenvalue weighted by atomic mass is 10.1. The summed E-state index contributed by atoms with van der Waals surface area (Å²) >= 11 is 1.50. The maximum Gasteiger partial charge on any atom is 0.256 e. The van der Waals surface area contributed by atoms with E-state index < -0.39 is 0 Å². The number of nitrogens with one attached hydrogen (secondary N) is 2. The van der Waals surface area contributed by atoms with E-state index >= 15 is 0 Å². The minimum absolute atomic E-state index is 0.106. The van der Waals surface area contributed by atoms with Crippen molar-refractivity contribution >= 4 is 28.6 Å². The fourth-order valence-corrected chi connectivity index (χ4v) is 2.04. The fraction of sp³-hybridized carbons (Fsp3) is 0.200. The van der Waals surface area contributed by atoms with Crippen LogP contribution in [0.5, 0.6) is 0 Å². The van der Waals surface area contributed by atoms with Gasteiger partial charge in [0.2, 0.25) is 0 Å². The molecule has 1 heterocycles. The first-order chi connectivity index (χ1) is 9.16. The zero-order valence-electron chi connectivity index (χ0n) is 11.4. The molecule has 0 aliphatic rings. The molecule has 1 aromatic heterocycles. The molecule has 4 heteroatoms. The first-order valence-corrected chi connectivity index (χ1v) is 7.10. The number of carbonyl (C=O) groups is 1. The quantitative estimate of drug-likeness (QED) is 0.800. The Kier molecular flexibility index (Phi) is 5.96. The Labute approximate surface area is 117 Å². The minimum atomic E-state index is -0.106. The topological polar surface area (TPSA) is 53.0 Å². The van der Waals surface area contributed by atoms with Gasteiger partial charge in [-0.05, 0) is 36.1 Å². The summed E-state index contributed by atoms with van der Waals surface area (Å²) in [5.41, 5.74) is 2.78. The standard InChI is InChI=1S/C13H12N2OS.C2H6/c1-9(14)10-2-4-12(5-3-10)15-13(16)11-6-7-17-8-11;1-2/h2-8,14H,1H3,(H,15,16);1-2H3. The average Bonchev–Trinajstić information content (AvgIpc) is 2.95. The smallest absolute Gasteiger partial charge is 0.256 e. The van der Waals surface area contributed by atoms with E-state index in [1.807, 2.05) is 36.7 Å². The van der Waals surface area contributed by atoms with E-state index in [-0.39, 0.29) is 5.91 Å². The summed E-state index contributed by atoms with van der Waals surface area (Å²) in [6.45, 7) is 5.74. The van der Waals surface area contributed by atoms with Crippen molar-refractivity contribution in [3.63, 3.8) is 0 Å². The van der Waals surface area contributed by atoms with Crippen molar-refractivity contribution in [2.75, 3.05) is 5.32 Å². The average molecular weight is 274 g/mol. The third-order valence-corrected chi connectivity index (χ3v) is 3.04. The summed E-state index contributed by atoms with van der Waals surface area (Å²) in [7, 11) is 0. The van der Waals surface area contributed by atoms with Crippen LogP contribution < -0.4 is 5.32 Å². The lowest BCUT2D eigenvalue weighted by Crippen LogP contribution is -2.10. The zero-order chi connectivity index (χ0) is 14.3. The molecule has 0 saturated heterocycles. The van der Waals surface area contributed by atoms with Crippen LogP contribution in [0.1, 0.15) is 36.7 Å². The normalized spacial score (nSPS) is 9.21. The highest BCUT2D eigenvalue weighted by Crippen LogP contribution is 2.13. The maximum atomic E-state index is 11.7. The largest absolute Gasteiger partial charge is 0.322 e. The Bertz CT molecular complexity index is 530. The van der Waals surface area contributed by atoms with E-state index in [1.165, 1.54) is 11.3 Å². The van der Waals surface area contributed by atoms with E-state index in [0.717, 1.165) is 11.3 Å². The Hall–Kier alpha value is -1.94. The van der Waals surface area contributed by atoms with Crippen LogP contribution in [0.15, 0.2) is 41.1 Å². The molecular formula is C15H18N2OS. The number of thiophene rings is 1.